The molecule has 134 valence electrons. The Morgan fingerprint density at radius 3 is 2.54 bits per heavy atom. The van der Waals surface area contributed by atoms with Crippen LogP contribution in [0.15, 0.2) is 62.6 Å². The Bertz CT molecular complexity index is 1160. The summed E-state index contributed by atoms with van der Waals surface area (Å²) >= 11 is 0. The van der Waals surface area contributed by atoms with Gasteiger partial charge in [-0.25, -0.2) is 13.2 Å². The first kappa shape index (κ1) is 17.9. The second kappa shape index (κ2) is 6.76. The molecule has 3 aromatic rings. The molecular formula is C19H16O6S. The Balaban J connectivity index is 1.99. The molecule has 0 spiro atoms. The number of hydrogen-bond acceptors (Lipinski definition) is 6. The van der Waals surface area contributed by atoms with Gasteiger partial charge in [-0.1, -0.05) is 24.3 Å². The molecule has 0 bridgehead atoms. The minimum atomic E-state index is -3.94. The lowest BCUT2D eigenvalue weighted by molar-refractivity contribution is -0.116. The van der Waals surface area contributed by atoms with Gasteiger partial charge in [0.2, 0.25) is 0 Å². The second-order valence-corrected chi connectivity index (χ2v) is 8.04. The van der Waals surface area contributed by atoms with Gasteiger partial charge in [0.25, 0.3) is 0 Å². The molecule has 26 heavy (non-hydrogen) atoms. The fraction of sp³-hybridized carbons (Fsp3) is 0.158. The Kier molecular flexibility index (Phi) is 4.65. The minimum absolute atomic E-state index is 0.0246. The fourth-order valence-corrected chi connectivity index (χ4v) is 4.09. The molecule has 0 unspecified atom stereocenters. The highest BCUT2D eigenvalue weighted by molar-refractivity contribution is 7.90. The van der Waals surface area contributed by atoms with Crippen molar-refractivity contribution < 1.29 is 22.7 Å². The largest absolute Gasteiger partial charge is 0.508 e. The number of phenols is 1. The average molecular weight is 372 g/mol. The van der Waals surface area contributed by atoms with Crippen molar-refractivity contribution in [2.45, 2.75) is 24.0 Å². The maximum absolute atomic E-state index is 12.7. The van der Waals surface area contributed by atoms with Crippen molar-refractivity contribution >= 4 is 26.6 Å². The smallest absolute Gasteiger partial charge is 0.355 e. The Hall–Kier alpha value is -2.93. The van der Waals surface area contributed by atoms with E-state index in [0.717, 1.165) is 0 Å². The maximum atomic E-state index is 12.7. The molecule has 0 atom stereocenters. The molecule has 3 rings (SSSR count). The van der Waals surface area contributed by atoms with Crippen LogP contribution in [0, 0.1) is 0 Å². The lowest BCUT2D eigenvalue weighted by Crippen LogP contribution is -2.16. The summed E-state index contributed by atoms with van der Waals surface area (Å²) in [6, 6.07) is 12.0. The van der Waals surface area contributed by atoms with Gasteiger partial charge in [-0.15, -0.1) is 0 Å². The predicted molar refractivity (Wildman–Crippen MR) is 95.9 cm³/mol. The fourth-order valence-electron chi connectivity index (χ4n) is 2.71. The molecule has 6 nitrogen and oxygen atoms in total. The third kappa shape index (κ3) is 3.83. The van der Waals surface area contributed by atoms with E-state index in [4.69, 9.17) is 4.42 Å². The van der Waals surface area contributed by atoms with Crippen LogP contribution in [0.3, 0.4) is 0 Å². The highest BCUT2D eigenvalue weighted by Gasteiger charge is 2.22. The molecule has 0 fully saturated rings. The first-order valence-corrected chi connectivity index (χ1v) is 9.47. The first-order chi connectivity index (χ1) is 12.2. The van der Waals surface area contributed by atoms with Gasteiger partial charge in [-0.2, -0.15) is 0 Å². The standard InChI is InChI=1S/C19H16O6S/c1-12(20)7-13-3-2-4-14(8-13)11-26(23,24)18-9-15-5-6-16(21)10-17(15)25-19(18)22/h2-6,8-10,21H,7,11H2,1H3. The number of sulfone groups is 1. The molecule has 7 heteroatoms. The zero-order valence-corrected chi connectivity index (χ0v) is 14.7. The number of rotatable bonds is 5. The van der Waals surface area contributed by atoms with Gasteiger partial charge < -0.3 is 9.52 Å². The van der Waals surface area contributed by atoms with Crippen LogP contribution in [0.1, 0.15) is 18.1 Å². The molecule has 2 aromatic carbocycles. The van der Waals surface area contributed by atoms with Crippen LogP contribution in [0.4, 0.5) is 0 Å². The second-order valence-electron chi connectivity index (χ2n) is 6.08. The van der Waals surface area contributed by atoms with Gasteiger partial charge in [0.05, 0.1) is 5.75 Å². The summed E-state index contributed by atoms with van der Waals surface area (Å²) in [5, 5.41) is 9.82. The summed E-state index contributed by atoms with van der Waals surface area (Å²) in [5.74, 6) is -0.491. The quantitative estimate of drug-likeness (QED) is 0.691. The Labute approximate surface area is 149 Å². The molecule has 0 aliphatic rings. The SMILES string of the molecule is CC(=O)Cc1cccc(CS(=O)(=O)c2cc3ccc(O)cc3oc2=O)c1. The van der Waals surface area contributed by atoms with E-state index in [-0.39, 0.29) is 29.3 Å². The third-order valence-corrected chi connectivity index (χ3v) is 5.49. The van der Waals surface area contributed by atoms with Crippen LogP contribution in [-0.2, 0) is 26.8 Å². The van der Waals surface area contributed by atoms with Gasteiger partial charge in [-0.3, -0.25) is 4.79 Å². The number of Topliss-reactive ketones (excluding diaryl/α,β-unsaturated/α-hetero) is 1. The van der Waals surface area contributed by atoms with Crippen LogP contribution in [-0.4, -0.2) is 19.3 Å². The van der Waals surface area contributed by atoms with Crippen LogP contribution in [0.5, 0.6) is 5.75 Å². The van der Waals surface area contributed by atoms with E-state index in [1.165, 1.54) is 31.2 Å². The van der Waals surface area contributed by atoms with Crippen LogP contribution in [0.25, 0.3) is 11.0 Å². The van der Waals surface area contributed by atoms with Crippen LogP contribution in [0.2, 0.25) is 0 Å². The van der Waals surface area contributed by atoms with Crippen molar-refractivity contribution in [3.8, 4) is 5.75 Å². The number of ketones is 1. The number of benzene rings is 2. The summed E-state index contributed by atoms with van der Waals surface area (Å²) in [6.45, 7) is 1.46. The van der Waals surface area contributed by atoms with E-state index < -0.39 is 20.4 Å². The molecule has 1 aromatic heterocycles. The number of carbonyl (C=O) groups is 1. The van der Waals surface area contributed by atoms with E-state index >= 15 is 0 Å². The zero-order valence-electron chi connectivity index (χ0n) is 13.9. The topological polar surface area (TPSA) is 102 Å². The summed E-state index contributed by atoms with van der Waals surface area (Å²) in [4.78, 5) is 22.9. The van der Waals surface area contributed by atoms with Crippen molar-refractivity contribution in [2.75, 3.05) is 0 Å². The third-order valence-electron chi connectivity index (χ3n) is 3.82. The molecule has 0 radical (unpaired) electrons. The number of aromatic hydroxyl groups is 1. The Morgan fingerprint density at radius 1 is 1.08 bits per heavy atom. The van der Waals surface area contributed by atoms with Crippen molar-refractivity contribution in [1.29, 1.82) is 0 Å². The van der Waals surface area contributed by atoms with Gasteiger partial charge >= 0.3 is 5.63 Å². The lowest BCUT2D eigenvalue weighted by Gasteiger charge is -2.07. The molecule has 1 N–H and O–H groups in total. The highest BCUT2D eigenvalue weighted by atomic mass is 32.2. The number of carbonyl (C=O) groups excluding carboxylic acids is 1. The van der Waals surface area contributed by atoms with E-state index in [0.29, 0.717) is 16.5 Å². The highest BCUT2D eigenvalue weighted by Crippen LogP contribution is 2.22. The number of phenolic OH excluding ortho intramolecular Hbond substituents is 1. The van der Waals surface area contributed by atoms with Crippen molar-refractivity contribution in [3.63, 3.8) is 0 Å². The minimum Gasteiger partial charge on any atom is -0.508 e. The normalized spacial score (nSPS) is 11.6. The van der Waals surface area contributed by atoms with E-state index in [9.17, 15) is 23.1 Å². The molecule has 0 saturated heterocycles. The van der Waals surface area contributed by atoms with Crippen LogP contribution < -0.4 is 5.63 Å². The molecule has 0 saturated carbocycles. The molecule has 0 amide bonds. The van der Waals surface area contributed by atoms with Gasteiger partial charge in [0, 0.05) is 17.9 Å². The summed E-state index contributed by atoms with van der Waals surface area (Å²) in [7, 11) is -3.94. The van der Waals surface area contributed by atoms with Crippen LogP contribution >= 0.6 is 0 Å². The maximum Gasteiger partial charge on any atom is 0.355 e. The van der Waals surface area contributed by atoms with Gasteiger partial charge in [0.1, 0.15) is 17.1 Å². The lowest BCUT2D eigenvalue weighted by atomic mass is 10.1. The molecule has 1 heterocycles. The van der Waals surface area contributed by atoms with E-state index in [2.05, 4.69) is 0 Å². The predicted octanol–water partition coefficient (Wildman–Crippen LogP) is 2.60. The Morgan fingerprint density at radius 2 is 1.81 bits per heavy atom. The zero-order chi connectivity index (χ0) is 18.9. The summed E-state index contributed by atoms with van der Waals surface area (Å²) in [6.07, 6.45) is 0.218. The molecular weight excluding hydrogens is 356 g/mol. The summed E-state index contributed by atoms with van der Waals surface area (Å²) < 4.78 is 30.4. The van der Waals surface area contributed by atoms with E-state index in [1.807, 2.05) is 0 Å². The van der Waals surface area contributed by atoms with Crippen molar-refractivity contribution in [3.05, 3.63) is 70.1 Å². The average Bonchev–Trinajstić information content (AvgIpc) is 2.53. The number of fused-ring (bicyclic) bond motifs is 1. The monoisotopic (exact) mass is 372 g/mol. The van der Waals surface area contributed by atoms with E-state index in [1.54, 1.807) is 24.3 Å². The van der Waals surface area contributed by atoms with Gasteiger partial charge in [-0.05, 0) is 36.2 Å². The summed E-state index contributed by atoms with van der Waals surface area (Å²) in [5.41, 5.74) is 0.320. The van der Waals surface area contributed by atoms with Gasteiger partial charge in [0.15, 0.2) is 14.7 Å². The first-order valence-electron chi connectivity index (χ1n) is 7.81. The van der Waals surface area contributed by atoms with Crippen molar-refractivity contribution in [1.82, 2.24) is 0 Å². The number of hydrogen-bond donors (Lipinski definition) is 1. The molecule has 0 aliphatic carbocycles. The molecule has 0 aliphatic heterocycles. The van der Waals surface area contributed by atoms with Crippen molar-refractivity contribution in [2.24, 2.45) is 0 Å².